The lowest BCUT2D eigenvalue weighted by Crippen LogP contribution is -2.41. The Morgan fingerprint density at radius 1 is 1.28 bits per heavy atom. The van der Waals surface area contributed by atoms with Crippen molar-refractivity contribution in [2.24, 2.45) is 0 Å². The van der Waals surface area contributed by atoms with Gasteiger partial charge in [-0.3, -0.25) is 0 Å². The normalized spacial score (nSPS) is 18.1. The van der Waals surface area contributed by atoms with Crippen molar-refractivity contribution in [1.29, 1.82) is 0 Å². The Bertz CT molecular complexity index is 368. The number of para-hydroxylation sites is 2. The molecule has 0 amide bonds. The summed E-state index contributed by atoms with van der Waals surface area (Å²) < 4.78 is 21.6. The van der Waals surface area contributed by atoms with E-state index in [2.05, 4.69) is 5.32 Å². The van der Waals surface area contributed by atoms with Crippen molar-refractivity contribution in [3.63, 3.8) is 0 Å². The summed E-state index contributed by atoms with van der Waals surface area (Å²) in [6, 6.07) is 7.69. The molecule has 1 aliphatic heterocycles. The van der Waals surface area contributed by atoms with Crippen LogP contribution < -0.4 is 14.8 Å². The lowest BCUT2D eigenvalue weighted by atomic mass is 10.2. The van der Waals surface area contributed by atoms with Crippen molar-refractivity contribution in [2.75, 3.05) is 33.9 Å². The van der Waals surface area contributed by atoms with E-state index in [1.165, 1.54) is 0 Å². The molecule has 100 valence electrons. The molecule has 0 spiro atoms. The maximum absolute atomic E-state index is 5.81. The summed E-state index contributed by atoms with van der Waals surface area (Å²) in [6.07, 6.45) is -0.226. The van der Waals surface area contributed by atoms with Gasteiger partial charge in [-0.1, -0.05) is 12.1 Å². The first-order valence-corrected chi connectivity index (χ1v) is 5.98. The maximum Gasteiger partial charge on any atom is 0.169 e. The molecular weight excluding hydrogens is 234 g/mol. The topological polar surface area (TPSA) is 49.0 Å². The molecule has 0 bridgehead atoms. The van der Waals surface area contributed by atoms with Crippen LogP contribution in [-0.2, 0) is 9.47 Å². The molecule has 2 rings (SSSR count). The molecule has 1 heterocycles. The summed E-state index contributed by atoms with van der Waals surface area (Å²) in [5.74, 6) is 1.60. The number of nitrogens with one attached hydrogen (secondary N) is 1. The SMILES string of the molecule is COC(CNCC1COc2ccccc2O1)OC. The average molecular weight is 253 g/mol. The fraction of sp³-hybridized carbons (Fsp3) is 0.538. The van der Waals surface area contributed by atoms with Crippen molar-refractivity contribution in [2.45, 2.75) is 12.4 Å². The fourth-order valence-corrected chi connectivity index (χ4v) is 1.79. The molecule has 0 aliphatic carbocycles. The molecule has 1 atom stereocenters. The average Bonchev–Trinajstić information content (AvgIpc) is 2.43. The maximum atomic E-state index is 5.81. The second-order valence-corrected chi connectivity index (χ2v) is 4.06. The van der Waals surface area contributed by atoms with E-state index in [4.69, 9.17) is 18.9 Å². The van der Waals surface area contributed by atoms with Crippen LogP contribution in [0.1, 0.15) is 0 Å². The van der Waals surface area contributed by atoms with E-state index in [1.54, 1.807) is 14.2 Å². The van der Waals surface area contributed by atoms with Crippen molar-refractivity contribution >= 4 is 0 Å². The van der Waals surface area contributed by atoms with E-state index >= 15 is 0 Å². The molecule has 0 saturated heterocycles. The molecule has 0 aromatic heterocycles. The quantitative estimate of drug-likeness (QED) is 0.767. The van der Waals surface area contributed by atoms with Gasteiger partial charge in [-0.05, 0) is 12.1 Å². The molecule has 0 fully saturated rings. The molecule has 1 unspecified atom stereocenters. The number of methoxy groups -OCH3 is 2. The largest absolute Gasteiger partial charge is 0.486 e. The molecule has 1 N–H and O–H groups in total. The first-order valence-electron chi connectivity index (χ1n) is 5.98. The summed E-state index contributed by atoms with van der Waals surface area (Å²) in [5, 5.41) is 3.23. The van der Waals surface area contributed by atoms with Gasteiger partial charge in [0.15, 0.2) is 17.8 Å². The van der Waals surface area contributed by atoms with Gasteiger partial charge < -0.3 is 24.3 Å². The van der Waals surface area contributed by atoms with Crippen molar-refractivity contribution in [3.8, 4) is 11.5 Å². The molecule has 1 aromatic rings. The number of ether oxygens (including phenoxy) is 4. The second-order valence-electron chi connectivity index (χ2n) is 4.06. The standard InChI is InChI=1S/C13H19NO4/c1-15-13(16-2)8-14-7-10-9-17-11-5-3-4-6-12(11)18-10/h3-6,10,13-14H,7-9H2,1-2H3. The first-order chi connectivity index (χ1) is 8.83. The zero-order valence-corrected chi connectivity index (χ0v) is 10.7. The van der Waals surface area contributed by atoms with Gasteiger partial charge in [0.05, 0.1) is 0 Å². The predicted molar refractivity (Wildman–Crippen MR) is 67.0 cm³/mol. The molecule has 1 aliphatic rings. The van der Waals surface area contributed by atoms with Gasteiger partial charge in [-0.2, -0.15) is 0 Å². The Kier molecular flexibility index (Phi) is 4.81. The minimum absolute atomic E-state index is 0.00858. The van der Waals surface area contributed by atoms with Crippen LogP contribution in [0, 0.1) is 0 Å². The number of fused-ring (bicyclic) bond motifs is 1. The third-order valence-electron chi connectivity index (χ3n) is 2.78. The van der Waals surface area contributed by atoms with Crippen molar-refractivity contribution < 1.29 is 18.9 Å². The van der Waals surface area contributed by atoms with Gasteiger partial charge in [-0.15, -0.1) is 0 Å². The summed E-state index contributed by atoms with van der Waals surface area (Å²) in [7, 11) is 3.23. The zero-order chi connectivity index (χ0) is 12.8. The third-order valence-corrected chi connectivity index (χ3v) is 2.78. The summed E-state index contributed by atoms with van der Waals surface area (Å²) in [6.45, 7) is 1.86. The Labute approximate surface area is 107 Å². The van der Waals surface area contributed by atoms with E-state index in [0.717, 1.165) is 11.5 Å². The van der Waals surface area contributed by atoms with Crippen LogP contribution in [0.3, 0.4) is 0 Å². The minimum atomic E-state index is -0.234. The molecule has 0 radical (unpaired) electrons. The number of hydrogen-bond donors (Lipinski definition) is 1. The number of hydrogen-bond acceptors (Lipinski definition) is 5. The van der Waals surface area contributed by atoms with Crippen LogP contribution in [0.15, 0.2) is 24.3 Å². The third kappa shape index (κ3) is 3.35. The highest BCUT2D eigenvalue weighted by atomic mass is 16.7. The Morgan fingerprint density at radius 3 is 2.72 bits per heavy atom. The van der Waals surface area contributed by atoms with E-state index in [1.807, 2.05) is 24.3 Å². The van der Waals surface area contributed by atoms with Gasteiger partial charge in [-0.25, -0.2) is 0 Å². The summed E-state index contributed by atoms with van der Waals surface area (Å²) in [4.78, 5) is 0. The lowest BCUT2D eigenvalue weighted by Gasteiger charge is -2.27. The van der Waals surface area contributed by atoms with E-state index < -0.39 is 0 Å². The first kappa shape index (κ1) is 13.1. The van der Waals surface area contributed by atoms with E-state index in [9.17, 15) is 0 Å². The summed E-state index contributed by atoms with van der Waals surface area (Å²) >= 11 is 0. The number of rotatable bonds is 6. The lowest BCUT2D eigenvalue weighted by molar-refractivity contribution is -0.0995. The van der Waals surface area contributed by atoms with Crippen LogP contribution in [0.4, 0.5) is 0 Å². The van der Waals surface area contributed by atoms with Crippen LogP contribution in [0.5, 0.6) is 11.5 Å². The Balaban J connectivity index is 1.76. The molecule has 5 nitrogen and oxygen atoms in total. The minimum Gasteiger partial charge on any atom is -0.486 e. The van der Waals surface area contributed by atoms with Gasteiger partial charge in [0.25, 0.3) is 0 Å². The Morgan fingerprint density at radius 2 is 2.00 bits per heavy atom. The highest BCUT2D eigenvalue weighted by Crippen LogP contribution is 2.30. The summed E-state index contributed by atoms with van der Waals surface area (Å²) in [5.41, 5.74) is 0. The van der Waals surface area contributed by atoms with Crippen molar-refractivity contribution in [1.82, 2.24) is 5.32 Å². The van der Waals surface area contributed by atoms with Crippen LogP contribution in [-0.4, -0.2) is 46.3 Å². The smallest absolute Gasteiger partial charge is 0.169 e. The van der Waals surface area contributed by atoms with Gasteiger partial charge >= 0.3 is 0 Å². The Hall–Kier alpha value is -1.30. The highest BCUT2D eigenvalue weighted by Gasteiger charge is 2.20. The van der Waals surface area contributed by atoms with Gasteiger partial charge in [0.1, 0.15) is 12.7 Å². The number of benzene rings is 1. The second kappa shape index (κ2) is 6.58. The monoisotopic (exact) mass is 253 g/mol. The predicted octanol–water partition coefficient (Wildman–Crippen LogP) is 1.03. The molecule has 18 heavy (non-hydrogen) atoms. The molecule has 0 saturated carbocycles. The fourth-order valence-electron chi connectivity index (χ4n) is 1.79. The van der Waals surface area contributed by atoms with Crippen LogP contribution >= 0.6 is 0 Å². The van der Waals surface area contributed by atoms with Crippen molar-refractivity contribution in [3.05, 3.63) is 24.3 Å². The molecule has 1 aromatic carbocycles. The highest BCUT2D eigenvalue weighted by molar-refractivity contribution is 5.40. The van der Waals surface area contributed by atoms with Crippen LogP contribution in [0.2, 0.25) is 0 Å². The molecule has 5 heteroatoms. The zero-order valence-electron chi connectivity index (χ0n) is 10.7. The van der Waals surface area contributed by atoms with Crippen LogP contribution in [0.25, 0.3) is 0 Å². The molecular formula is C13H19NO4. The van der Waals surface area contributed by atoms with E-state index in [0.29, 0.717) is 19.7 Å². The van der Waals surface area contributed by atoms with Gasteiger partial charge in [0.2, 0.25) is 0 Å². The van der Waals surface area contributed by atoms with E-state index in [-0.39, 0.29) is 12.4 Å². The van der Waals surface area contributed by atoms with Gasteiger partial charge in [0, 0.05) is 27.3 Å².